The van der Waals surface area contributed by atoms with E-state index >= 15 is 0 Å². The normalized spacial score (nSPS) is 12.1. The molecule has 0 spiro atoms. The van der Waals surface area contributed by atoms with Gasteiger partial charge in [0, 0.05) is 24.3 Å². The van der Waals surface area contributed by atoms with Crippen LogP contribution in [0.1, 0.15) is 6.92 Å². The fourth-order valence-corrected chi connectivity index (χ4v) is 1.83. The van der Waals surface area contributed by atoms with Crippen molar-refractivity contribution in [2.75, 3.05) is 5.32 Å². The van der Waals surface area contributed by atoms with Crippen LogP contribution >= 0.6 is 15.9 Å². The first-order valence-corrected chi connectivity index (χ1v) is 6.33. The molecule has 0 fully saturated rings. The summed E-state index contributed by atoms with van der Waals surface area (Å²) in [4.78, 5) is 15.8. The van der Waals surface area contributed by atoms with Gasteiger partial charge in [0.15, 0.2) is 0 Å². The third kappa shape index (κ3) is 3.40. The highest BCUT2D eigenvalue weighted by Gasteiger charge is 2.14. The average Bonchev–Trinajstić information content (AvgIpc) is 2.76. The molecule has 1 amide bonds. The molecule has 0 saturated carbocycles. The highest BCUT2D eigenvalue weighted by atomic mass is 79.9. The summed E-state index contributed by atoms with van der Waals surface area (Å²) < 4.78 is 2.64. The zero-order valence-electron chi connectivity index (χ0n) is 9.88. The Bertz CT molecular complexity index is 526. The van der Waals surface area contributed by atoms with E-state index in [4.69, 9.17) is 0 Å². The Morgan fingerprint density at radius 3 is 2.83 bits per heavy atom. The lowest BCUT2D eigenvalue weighted by atomic mass is 10.1. The molecule has 0 aliphatic rings. The molecule has 1 atom stereocenters. The van der Waals surface area contributed by atoms with Crippen LogP contribution in [0.2, 0.25) is 0 Å². The van der Waals surface area contributed by atoms with Crippen molar-refractivity contribution in [1.29, 1.82) is 0 Å². The number of aromatic nitrogens is 3. The van der Waals surface area contributed by atoms with Gasteiger partial charge < -0.3 is 5.32 Å². The summed E-state index contributed by atoms with van der Waals surface area (Å²) in [5.41, 5.74) is 0.753. The predicted octanol–water partition coefficient (Wildman–Crippen LogP) is 2.32. The van der Waals surface area contributed by atoms with Crippen molar-refractivity contribution in [2.24, 2.45) is 5.92 Å². The summed E-state index contributed by atoms with van der Waals surface area (Å²) in [6, 6.07) is 3.52. The Labute approximate surface area is 113 Å². The third-order valence-electron chi connectivity index (χ3n) is 2.46. The van der Waals surface area contributed by atoms with E-state index in [9.17, 15) is 4.79 Å². The molecule has 0 radical (unpaired) electrons. The number of nitrogens with zero attached hydrogens (tertiary/aromatic N) is 3. The van der Waals surface area contributed by atoms with Gasteiger partial charge in [-0.15, -0.1) is 0 Å². The van der Waals surface area contributed by atoms with Crippen molar-refractivity contribution < 1.29 is 4.79 Å². The van der Waals surface area contributed by atoms with Crippen LogP contribution < -0.4 is 5.32 Å². The molecule has 2 aromatic rings. The van der Waals surface area contributed by atoms with E-state index in [0.29, 0.717) is 6.54 Å². The van der Waals surface area contributed by atoms with Gasteiger partial charge in [-0.2, -0.15) is 5.10 Å². The van der Waals surface area contributed by atoms with Gasteiger partial charge in [0.1, 0.15) is 0 Å². The molecule has 0 bridgehead atoms. The Morgan fingerprint density at radius 1 is 1.50 bits per heavy atom. The van der Waals surface area contributed by atoms with Crippen LogP contribution in [0.5, 0.6) is 0 Å². The van der Waals surface area contributed by atoms with Crippen molar-refractivity contribution in [3.05, 3.63) is 41.4 Å². The first kappa shape index (κ1) is 12.8. The van der Waals surface area contributed by atoms with Crippen LogP contribution in [0.3, 0.4) is 0 Å². The van der Waals surface area contributed by atoms with Crippen LogP contribution in [0.15, 0.2) is 41.4 Å². The zero-order valence-corrected chi connectivity index (χ0v) is 11.5. The fraction of sp³-hybridized carbons (Fsp3) is 0.250. The highest BCUT2D eigenvalue weighted by Crippen LogP contribution is 2.10. The molecular weight excluding hydrogens is 296 g/mol. The smallest absolute Gasteiger partial charge is 0.229 e. The first-order valence-electron chi connectivity index (χ1n) is 5.54. The molecule has 5 nitrogen and oxygen atoms in total. The molecular formula is C12H13BrN4O. The number of carbonyl (C=O) groups excluding carboxylic acids is 1. The topological polar surface area (TPSA) is 59.8 Å². The van der Waals surface area contributed by atoms with Gasteiger partial charge >= 0.3 is 0 Å². The molecule has 18 heavy (non-hydrogen) atoms. The molecule has 0 aliphatic heterocycles. The summed E-state index contributed by atoms with van der Waals surface area (Å²) in [5, 5.41) is 6.96. The number of amides is 1. The zero-order chi connectivity index (χ0) is 13.0. The minimum Gasteiger partial charge on any atom is -0.326 e. The van der Waals surface area contributed by atoms with Gasteiger partial charge in [-0.05, 0) is 28.1 Å². The second-order valence-electron chi connectivity index (χ2n) is 4.01. The Hall–Kier alpha value is -1.69. The van der Waals surface area contributed by atoms with E-state index in [2.05, 4.69) is 31.3 Å². The third-order valence-corrected chi connectivity index (χ3v) is 2.87. The van der Waals surface area contributed by atoms with Gasteiger partial charge in [0.25, 0.3) is 0 Å². The highest BCUT2D eigenvalue weighted by molar-refractivity contribution is 9.10. The van der Waals surface area contributed by atoms with Gasteiger partial charge in [-0.3, -0.25) is 14.5 Å². The second-order valence-corrected chi connectivity index (χ2v) is 4.92. The van der Waals surface area contributed by atoms with Crippen molar-refractivity contribution >= 4 is 27.5 Å². The molecule has 0 aromatic carbocycles. The maximum Gasteiger partial charge on any atom is 0.229 e. The molecule has 94 valence electrons. The molecule has 0 unspecified atom stereocenters. The summed E-state index contributed by atoms with van der Waals surface area (Å²) in [6.45, 7) is 2.41. The van der Waals surface area contributed by atoms with Gasteiger partial charge in [0.2, 0.25) is 5.91 Å². The van der Waals surface area contributed by atoms with Crippen molar-refractivity contribution in [3.8, 4) is 0 Å². The molecule has 0 saturated heterocycles. The van der Waals surface area contributed by atoms with E-state index in [1.807, 2.05) is 13.1 Å². The number of nitrogens with one attached hydrogen (secondary N) is 1. The van der Waals surface area contributed by atoms with E-state index < -0.39 is 0 Å². The minimum absolute atomic E-state index is 0.0344. The van der Waals surface area contributed by atoms with Gasteiger partial charge in [-0.25, -0.2) is 0 Å². The van der Waals surface area contributed by atoms with E-state index in [-0.39, 0.29) is 11.8 Å². The number of anilines is 1. The number of hydrogen-bond donors (Lipinski definition) is 1. The second kappa shape index (κ2) is 5.77. The summed E-state index contributed by atoms with van der Waals surface area (Å²) in [6.07, 6.45) is 6.83. The monoisotopic (exact) mass is 308 g/mol. The molecule has 2 heterocycles. The Kier molecular flexibility index (Phi) is 4.09. The lowest BCUT2D eigenvalue weighted by Crippen LogP contribution is -2.24. The SMILES string of the molecule is C[C@H](Cn1cc(Br)cn1)C(=O)Nc1ccncc1. The molecule has 2 aromatic heterocycles. The van der Waals surface area contributed by atoms with Crippen LogP contribution in [0.4, 0.5) is 5.69 Å². The minimum atomic E-state index is -0.162. The van der Waals surface area contributed by atoms with Crippen LogP contribution in [-0.2, 0) is 11.3 Å². The predicted molar refractivity (Wildman–Crippen MR) is 72.0 cm³/mol. The lowest BCUT2D eigenvalue weighted by Gasteiger charge is -2.12. The molecule has 1 N–H and O–H groups in total. The van der Waals surface area contributed by atoms with Gasteiger partial charge in [0.05, 0.1) is 23.1 Å². The summed E-state index contributed by atoms with van der Waals surface area (Å²) in [5.74, 6) is -0.196. The number of rotatable bonds is 4. The number of halogens is 1. The summed E-state index contributed by atoms with van der Waals surface area (Å²) >= 11 is 3.32. The largest absolute Gasteiger partial charge is 0.326 e. The van der Waals surface area contributed by atoms with Crippen molar-refractivity contribution in [3.63, 3.8) is 0 Å². The van der Waals surface area contributed by atoms with Crippen LogP contribution in [-0.4, -0.2) is 20.7 Å². The van der Waals surface area contributed by atoms with Crippen LogP contribution in [0, 0.1) is 5.92 Å². The standard InChI is InChI=1S/C12H13BrN4O/c1-9(7-17-8-10(13)6-15-17)12(18)16-11-2-4-14-5-3-11/h2-6,8-9H,7H2,1H3,(H,14,16,18)/t9-/m1/s1. The number of carbonyl (C=O) groups is 1. The molecule has 6 heteroatoms. The number of pyridine rings is 1. The lowest BCUT2D eigenvalue weighted by molar-refractivity contribution is -0.119. The first-order chi connectivity index (χ1) is 8.65. The Morgan fingerprint density at radius 2 is 2.22 bits per heavy atom. The van der Waals surface area contributed by atoms with Crippen molar-refractivity contribution in [2.45, 2.75) is 13.5 Å². The van der Waals surface area contributed by atoms with E-state index in [1.54, 1.807) is 35.4 Å². The fourth-order valence-electron chi connectivity index (χ4n) is 1.50. The summed E-state index contributed by atoms with van der Waals surface area (Å²) in [7, 11) is 0. The quantitative estimate of drug-likeness (QED) is 0.943. The maximum atomic E-state index is 11.9. The van der Waals surface area contributed by atoms with E-state index in [1.165, 1.54) is 0 Å². The average molecular weight is 309 g/mol. The molecule has 2 rings (SSSR count). The number of hydrogen-bond acceptors (Lipinski definition) is 3. The van der Waals surface area contributed by atoms with E-state index in [0.717, 1.165) is 10.2 Å². The Balaban J connectivity index is 1.93. The van der Waals surface area contributed by atoms with Gasteiger partial charge in [-0.1, -0.05) is 6.92 Å². The van der Waals surface area contributed by atoms with Crippen molar-refractivity contribution in [1.82, 2.24) is 14.8 Å². The maximum absolute atomic E-state index is 11.9. The van der Waals surface area contributed by atoms with Crippen LogP contribution in [0.25, 0.3) is 0 Å². The molecule has 0 aliphatic carbocycles.